The molecule has 0 saturated heterocycles. The van der Waals surface area contributed by atoms with E-state index in [0.29, 0.717) is 30.1 Å². The fraction of sp³-hybridized carbons (Fsp3) is 0.500. The summed E-state index contributed by atoms with van der Waals surface area (Å²) in [5, 5.41) is 14.5. The first-order chi connectivity index (χ1) is 10.1. The van der Waals surface area contributed by atoms with Crippen molar-refractivity contribution in [1.82, 2.24) is 5.32 Å². The molecule has 0 bridgehead atoms. The third-order valence-electron chi connectivity index (χ3n) is 3.25. The summed E-state index contributed by atoms with van der Waals surface area (Å²) in [6.45, 7) is 4.25. The lowest BCUT2D eigenvalue weighted by atomic mass is 10.00. The van der Waals surface area contributed by atoms with E-state index in [1.165, 1.54) is 6.92 Å². The van der Waals surface area contributed by atoms with Crippen LogP contribution in [-0.4, -0.2) is 30.1 Å². The number of nitrogens with one attached hydrogen (secondary N) is 2. The van der Waals surface area contributed by atoms with Crippen LogP contribution in [0, 0.1) is 5.92 Å². The summed E-state index contributed by atoms with van der Waals surface area (Å²) in [5.74, 6) is 0.0321. The number of carbonyl (C=O) groups excluding carboxylic acids is 2. The molecule has 21 heavy (non-hydrogen) atoms. The van der Waals surface area contributed by atoms with Crippen LogP contribution in [0.25, 0.3) is 0 Å². The molecule has 5 nitrogen and oxygen atoms in total. The van der Waals surface area contributed by atoms with Crippen molar-refractivity contribution in [2.24, 2.45) is 5.92 Å². The molecule has 1 atom stereocenters. The lowest BCUT2D eigenvalue weighted by Gasteiger charge is -2.15. The highest BCUT2D eigenvalue weighted by atomic mass is 16.3. The number of amides is 2. The van der Waals surface area contributed by atoms with E-state index in [0.717, 1.165) is 12.8 Å². The zero-order valence-corrected chi connectivity index (χ0v) is 12.7. The van der Waals surface area contributed by atoms with E-state index in [4.69, 9.17) is 5.11 Å². The van der Waals surface area contributed by atoms with Crippen LogP contribution in [0.1, 0.15) is 43.5 Å². The maximum absolute atomic E-state index is 12.0. The van der Waals surface area contributed by atoms with E-state index < -0.39 is 0 Å². The third-order valence-corrected chi connectivity index (χ3v) is 3.25. The van der Waals surface area contributed by atoms with Crippen molar-refractivity contribution >= 4 is 17.5 Å². The molecule has 1 rings (SSSR count). The number of rotatable bonds is 8. The van der Waals surface area contributed by atoms with Gasteiger partial charge in [-0.15, -0.1) is 0 Å². The highest BCUT2D eigenvalue weighted by Gasteiger charge is 2.10. The van der Waals surface area contributed by atoms with Gasteiger partial charge in [-0.3, -0.25) is 9.59 Å². The number of hydrogen-bond acceptors (Lipinski definition) is 3. The summed E-state index contributed by atoms with van der Waals surface area (Å²) in [6.07, 6.45) is 2.73. The van der Waals surface area contributed by atoms with Gasteiger partial charge in [0.05, 0.1) is 0 Å². The van der Waals surface area contributed by atoms with Crippen molar-refractivity contribution in [3.05, 3.63) is 29.8 Å². The number of anilines is 1. The van der Waals surface area contributed by atoms with Crippen LogP contribution in [0.4, 0.5) is 5.69 Å². The predicted molar refractivity (Wildman–Crippen MR) is 83.2 cm³/mol. The van der Waals surface area contributed by atoms with Gasteiger partial charge in [-0.25, -0.2) is 0 Å². The minimum atomic E-state index is -0.140. The van der Waals surface area contributed by atoms with E-state index in [1.807, 2.05) is 0 Å². The molecule has 1 aromatic carbocycles. The monoisotopic (exact) mass is 292 g/mol. The molecular weight excluding hydrogens is 268 g/mol. The molecule has 0 aromatic heterocycles. The average molecular weight is 292 g/mol. The van der Waals surface area contributed by atoms with Crippen molar-refractivity contribution in [3.63, 3.8) is 0 Å². The molecule has 1 unspecified atom stereocenters. The third kappa shape index (κ3) is 6.40. The average Bonchev–Trinajstić information content (AvgIpc) is 2.45. The molecule has 0 radical (unpaired) electrons. The van der Waals surface area contributed by atoms with Gasteiger partial charge in [-0.1, -0.05) is 13.3 Å². The van der Waals surface area contributed by atoms with Gasteiger partial charge in [0.2, 0.25) is 5.91 Å². The molecule has 0 aliphatic rings. The molecule has 2 amide bonds. The van der Waals surface area contributed by atoms with E-state index in [2.05, 4.69) is 17.6 Å². The van der Waals surface area contributed by atoms with Gasteiger partial charge in [0.1, 0.15) is 0 Å². The van der Waals surface area contributed by atoms with Crippen LogP contribution in [0.5, 0.6) is 0 Å². The molecule has 0 heterocycles. The van der Waals surface area contributed by atoms with E-state index in [9.17, 15) is 9.59 Å². The van der Waals surface area contributed by atoms with Gasteiger partial charge < -0.3 is 15.7 Å². The van der Waals surface area contributed by atoms with E-state index in [1.54, 1.807) is 24.3 Å². The van der Waals surface area contributed by atoms with Crippen molar-refractivity contribution in [3.8, 4) is 0 Å². The molecule has 0 spiro atoms. The van der Waals surface area contributed by atoms with E-state index >= 15 is 0 Å². The summed E-state index contributed by atoms with van der Waals surface area (Å²) in [6, 6.07) is 6.77. The Morgan fingerprint density at radius 3 is 2.38 bits per heavy atom. The SMILES string of the molecule is CCCC(CCO)CNC(=O)c1ccc(NC(C)=O)cc1. The molecule has 0 saturated carbocycles. The second kappa shape index (κ2) is 9.13. The topological polar surface area (TPSA) is 78.4 Å². The molecular formula is C16H24N2O3. The smallest absolute Gasteiger partial charge is 0.251 e. The van der Waals surface area contributed by atoms with Gasteiger partial charge in [0.15, 0.2) is 0 Å². The Bertz CT molecular complexity index is 451. The largest absolute Gasteiger partial charge is 0.396 e. The quantitative estimate of drug-likeness (QED) is 0.687. The Morgan fingerprint density at radius 2 is 1.86 bits per heavy atom. The number of hydrogen-bond donors (Lipinski definition) is 3. The highest BCUT2D eigenvalue weighted by molar-refractivity contribution is 5.95. The minimum absolute atomic E-state index is 0.136. The van der Waals surface area contributed by atoms with Gasteiger partial charge in [-0.2, -0.15) is 0 Å². The summed E-state index contributed by atoms with van der Waals surface area (Å²) < 4.78 is 0. The van der Waals surface area contributed by atoms with Crippen molar-refractivity contribution in [2.75, 3.05) is 18.5 Å². The molecule has 0 aliphatic heterocycles. The standard InChI is InChI=1S/C16H24N2O3/c1-3-4-13(9-10-19)11-17-16(21)14-5-7-15(8-6-14)18-12(2)20/h5-8,13,19H,3-4,9-11H2,1-2H3,(H,17,21)(H,18,20). The Hall–Kier alpha value is -1.88. The molecule has 0 fully saturated rings. The van der Waals surface area contributed by atoms with E-state index in [-0.39, 0.29) is 18.4 Å². The van der Waals surface area contributed by atoms with Crippen molar-refractivity contribution in [2.45, 2.75) is 33.1 Å². The first-order valence-corrected chi connectivity index (χ1v) is 7.33. The van der Waals surface area contributed by atoms with Crippen LogP contribution < -0.4 is 10.6 Å². The van der Waals surface area contributed by atoms with Crippen molar-refractivity contribution < 1.29 is 14.7 Å². The zero-order valence-electron chi connectivity index (χ0n) is 12.7. The fourth-order valence-corrected chi connectivity index (χ4v) is 2.19. The maximum Gasteiger partial charge on any atom is 0.251 e. The Balaban J connectivity index is 2.52. The summed E-state index contributed by atoms with van der Waals surface area (Å²) >= 11 is 0. The number of carbonyl (C=O) groups is 2. The van der Waals surface area contributed by atoms with Crippen LogP contribution in [0.15, 0.2) is 24.3 Å². The van der Waals surface area contributed by atoms with Crippen LogP contribution in [0.3, 0.4) is 0 Å². The van der Waals surface area contributed by atoms with Gasteiger partial charge in [-0.05, 0) is 43.0 Å². The number of aliphatic hydroxyl groups excluding tert-OH is 1. The van der Waals surface area contributed by atoms with Crippen LogP contribution in [0.2, 0.25) is 0 Å². The van der Waals surface area contributed by atoms with Gasteiger partial charge >= 0.3 is 0 Å². The van der Waals surface area contributed by atoms with Crippen molar-refractivity contribution in [1.29, 1.82) is 0 Å². The second-order valence-electron chi connectivity index (χ2n) is 5.14. The lowest BCUT2D eigenvalue weighted by molar-refractivity contribution is -0.114. The Morgan fingerprint density at radius 1 is 1.19 bits per heavy atom. The van der Waals surface area contributed by atoms with Crippen LogP contribution >= 0.6 is 0 Å². The first-order valence-electron chi connectivity index (χ1n) is 7.33. The lowest BCUT2D eigenvalue weighted by Crippen LogP contribution is -2.29. The normalized spacial score (nSPS) is 11.8. The molecule has 1 aromatic rings. The summed E-state index contributed by atoms with van der Waals surface area (Å²) in [4.78, 5) is 23.0. The zero-order chi connectivity index (χ0) is 15.7. The number of benzene rings is 1. The second-order valence-corrected chi connectivity index (χ2v) is 5.14. The fourth-order valence-electron chi connectivity index (χ4n) is 2.19. The summed E-state index contributed by atoms with van der Waals surface area (Å²) in [7, 11) is 0. The molecule has 5 heteroatoms. The van der Waals surface area contributed by atoms with Crippen LogP contribution in [-0.2, 0) is 4.79 Å². The first kappa shape index (κ1) is 17.2. The Labute approximate surface area is 125 Å². The molecule has 3 N–H and O–H groups in total. The molecule has 0 aliphatic carbocycles. The van der Waals surface area contributed by atoms with Gasteiger partial charge in [0.25, 0.3) is 5.91 Å². The van der Waals surface area contributed by atoms with Gasteiger partial charge in [0, 0.05) is 31.3 Å². The highest BCUT2D eigenvalue weighted by Crippen LogP contribution is 2.11. The Kier molecular flexibility index (Phi) is 7.46. The molecule has 116 valence electrons. The minimum Gasteiger partial charge on any atom is -0.396 e. The number of aliphatic hydroxyl groups is 1. The predicted octanol–water partition coefficient (Wildman–Crippen LogP) is 2.17. The summed E-state index contributed by atoms with van der Waals surface area (Å²) in [5.41, 5.74) is 1.23. The maximum atomic E-state index is 12.0.